The highest BCUT2D eigenvalue weighted by molar-refractivity contribution is 5.76. The van der Waals surface area contributed by atoms with E-state index in [4.69, 9.17) is 0 Å². The third-order valence-electron chi connectivity index (χ3n) is 4.04. The zero-order valence-electron chi connectivity index (χ0n) is 14.2. The highest BCUT2D eigenvalue weighted by Gasteiger charge is 2.06. The molecule has 128 valence electrons. The fourth-order valence-corrected chi connectivity index (χ4v) is 2.67. The monoisotopic (exact) mass is 326 g/mol. The van der Waals surface area contributed by atoms with Crippen molar-refractivity contribution in [1.82, 2.24) is 5.32 Å². The van der Waals surface area contributed by atoms with Gasteiger partial charge in [0.05, 0.1) is 0 Å². The van der Waals surface area contributed by atoms with E-state index in [9.17, 15) is 9.90 Å². The highest BCUT2D eigenvalue weighted by Crippen LogP contribution is 2.17. The van der Waals surface area contributed by atoms with Gasteiger partial charge >= 0.3 is 0 Å². The third kappa shape index (κ3) is 5.61. The normalized spacial score (nSPS) is 10.4. The average Bonchev–Trinajstić information content (AvgIpc) is 2.62. The summed E-state index contributed by atoms with van der Waals surface area (Å²) in [6.45, 7) is 4.67. The molecule has 4 heteroatoms. The molecule has 24 heavy (non-hydrogen) atoms. The molecule has 0 saturated heterocycles. The second-order valence-corrected chi connectivity index (χ2v) is 5.75. The van der Waals surface area contributed by atoms with Gasteiger partial charge in [0.1, 0.15) is 5.75 Å². The van der Waals surface area contributed by atoms with Crippen molar-refractivity contribution >= 4 is 11.6 Å². The maximum atomic E-state index is 11.9. The number of rotatable bonds is 9. The van der Waals surface area contributed by atoms with Crippen molar-refractivity contribution in [1.29, 1.82) is 0 Å². The summed E-state index contributed by atoms with van der Waals surface area (Å²) in [7, 11) is 0. The topological polar surface area (TPSA) is 52.6 Å². The van der Waals surface area contributed by atoms with Gasteiger partial charge in [-0.2, -0.15) is 0 Å². The molecule has 2 aromatic rings. The summed E-state index contributed by atoms with van der Waals surface area (Å²) in [5.41, 5.74) is 2.03. The minimum atomic E-state index is 0.0287. The van der Waals surface area contributed by atoms with Gasteiger partial charge in [0.2, 0.25) is 5.91 Å². The Morgan fingerprint density at radius 3 is 2.50 bits per heavy atom. The first-order valence-electron chi connectivity index (χ1n) is 8.54. The van der Waals surface area contributed by atoms with Crippen LogP contribution < -0.4 is 10.2 Å². The Labute approximate surface area is 144 Å². The minimum Gasteiger partial charge on any atom is -0.508 e. The first-order valence-corrected chi connectivity index (χ1v) is 8.54. The Hall–Kier alpha value is -2.49. The fraction of sp³-hybridized carbons (Fsp3) is 0.350. The summed E-state index contributed by atoms with van der Waals surface area (Å²) in [5.74, 6) is 0.285. The fourth-order valence-electron chi connectivity index (χ4n) is 2.67. The van der Waals surface area contributed by atoms with E-state index < -0.39 is 0 Å². The zero-order valence-corrected chi connectivity index (χ0v) is 14.2. The highest BCUT2D eigenvalue weighted by atomic mass is 16.3. The van der Waals surface area contributed by atoms with E-state index in [1.165, 1.54) is 5.69 Å². The second-order valence-electron chi connectivity index (χ2n) is 5.75. The minimum absolute atomic E-state index is 0.0287. The van der Waals surface area contributed by atoms with Gasteiger partial charge in [0, 0.05) is 31.7 Å². The summed E-state index contributed by atoms with van der Waals surface area (Å²) in [6.07, 6.45) is 1.86. The molecule has 0 unspecified atom stereocenters. The lowest BCUT2D eigenvalue weighted by atomic mass is 10.1. The molecule has 0 spiro atoms. The third-order valence-corrected chi connectivity index (χ3v) is 4.04. The van der Waals surface area contributed by atoms with Crippen molar-refractivity contribution in [3.63, 3.8) is 0 Å². The van der Waals surface area contributed by atoms with Crippen LogP contribution in [0.4, 0.5) is 5.69 Å². The number of hydrogen-bond donors (Lipinski definition) is 2. The van der Waals surface area contributed by atoms with E-state index >= 15 is 0 Å². The van der Waals surface area contributed by atoms with Crippen LogP contribution in [0.3, 0.4) is 0 Å². The standard InChI is InChI=1S/C20H26N2O2/c1-2-22(18-10-4-3-5-11-18)16-8-15-21-20(24)14-13-17-9-6-7-12-19(17)23/h3-7,9-12,23H,2,8,13-16H2,1H3,(H,21,24). The van der Waals surface area contributed by atoms with Crippen molar-refractivity contribution in [3.05, 3.63) is 60.2 Å². The number of phenolic OH excluding ortho intramolecular Hbond substituents is 1. The predicted octanol–water partition coefficient (Wildman–Crippen LogP) is 3.36. The Kier molecular flexibility index (Phi) is 7.15. The molecule has 2 rings (SSSR count). The first kappa shape index (κ1) is 17.9. The molecule has 0 aliphatic heterocycles. The van der Waals surface area contributed by atoms with Crippen molar-refractivity contribution in [2.75, 3.05) is 24.5 Å². The lowest BCUT2D eigenvalue weighted by Crippen LogP contribution is -2.30. The molecule has 0 aromatic heterocycles. The van der Waals surface area contributed by atoms with Crippen LogP contribution in [0.15, 0.2) is 54.6 Å². The van der Waals surface area contributed by atoms with Crippen LogP contribution in [0.5, 0.6) is 5.75 Å². The number of nitrogens with one attached hydrogen (secondary N) is 1. The lowest BCUT2D eigenvalue weighted by molar-refractivity contribution is -0.121. The maximum absolute atomic E-state index is 11.9. The number of carbonyl (C=O) groups is 1. The molecule has 0 radical (unpaired) electrons. The number of nitrogens with zero attached hydrogens (tertiary/aromatic N) is 1. The van der Waals surface area contributed by atoms with Gasteiger partial charge in [-0.25, -0.2) is 0 Å². The van der Waals surface area contributed by atoms with Crippen molar-refractivity contribution < 1.29 is 9.90 Å². The van der Waals surface area contributed by atoms with E-state index in [-0.39, 0.29) is 11.7 Å². The Bertz CT molecular complexity index is 629. The maximum Gasteiger partial charge on any atom is 0.220 e. The van der Waals surface area contributed by atoms with Gasteiger partial charge in [-0.15, -0.1) is 0 Å². The van der Waals surface area contributed by atoms with Crippen molar-refractivity contribution in [2.45, 2.75) is 26.2 Å². The Morgan fingerprint density at radius 2 is 1.79 bits per heavy atom. The number of benzene rings is 2. The molecule has 4 nitrogen and oxygen atoms in total. The molecule has 2 N–H and O–H groups in total. The molecule has 0 atom stereocenters. The number of carbonyl (C=O) groups excluding carboxylic acids is 1. The van der Waals surface area contributed by atoms with Crippen LogP contribution in [-0.2, 0) is 11.2 Å². The number of amides is 1. The molecule has 1 amide bonds. The summed E-state index contributed by atoms with van der Waals surface area (Å²) in [4.78, 5) is 14.2. The number of aryl methyl sites for hydroxylation is 1. The summed E-state index contributed by atoms with van der Waals surface area (Å²) in [6, 6.07) is 17.5. The number of aromatic hydroxyl groups is 1. The van der Waals surface area contributed by atoms with Crippen LogP contribution in [0, 0.1) is 0 Å². The Morgan fingerprint density at radius 1 is 1.08 bits per heavy atom. The van der Waals surface area contributed by atoms with E-state index in [1.807, 2.05) is 30.3 Å². The smallest absolute Gasteiger partial charge is 0.220 e. The molecule has 0 fully saturated rings. The van der Waals surface area contributed by atoms with E-state index in [0.29, 0.717) is 19.4 Å². The Balaban J connectivity index is 1.66. The summed E-state index contributed by atoms with van der Waals surface area (Å²) >= 11 is 0. The quantitative estimate of drug-likeness (QED) is 0.695. The van der Waals surface area contributed by atoms with Gasteiger partial charge < -0.3 is 15.3 Å². The molecule has 0 saturated carbocycles. The molecule has 0 aliphatic rings. The van der Waals surface area contributed by atoms with E-state index in [2.05, 4.69) is 29.3 Å². The van der Waals surface area contributed by atoms with Crippen LogP contribution in [0.25, 0.3) is 0 Å². The number of anilines is 1. The number of phenols is 1. The number of hydrogen-bond acceptors (Lipinski definition) is 3. The van der Waals surface area contributed by atoms with Crippen LogP contribution in [-0.4, -0.2) is 30.6 Å². The van der Waals surface area contributed by atoms with Gasteiger partial charge in [-0.05, 0) is 43.5 Å². The van der Waals surface area contributed by atoms with Gasteiger partial charge in [-0.1, -0.05) is 36.4 Å². The van der Waals surface area contributed by atoms with Gasteiger partial charge in [0.15, 0.2) is 0 Å². The molecular formula is C20H26N2O2. The lowest BCUT2D eigenvalue weighted by Gasteiger charge is -2.23. The van der Waals surface area contributed by atoms with Crippen molar-refractivity contribution in [3.8, 4) is 5.75 Å². The van der Waals surface area contributed by atoms with Crippen LogP contribution in [0.1, 0.15) is 25.3 Å². The van der Waals surface area contributed by atoms with E-state index in [0.717, 1.165) is 25.1 Å². The van der Waals surface area contributed by atoms with Crippen molar-refractivity contribution in [2.24, 2.45) is 0 Å². The van der Waals surface area contributed by atoms with Crippen LogP contribution >= 0.6 is 0 Å². The molecule has 0 bridgehead atoms. The average molecular weight is 326 g/mol. The largest absolute Gasteiger partial charge is 0.508 e. The predicted molar refractivity (Wildman–Crippen MR) is 98.4 cm³/mol. The zero-order chi connectivity index (χ0) is 17.2. The molecular weight excluding hydrogens is 300 g/mol. The SMILES string of the molecule is CCN(CCCNC(=O)CCc1ccccc1O)c1ccccc1. The van der Waals surface area contributed by atoms with E-state index in [1.54, 1.807) is 12.1 Å². The summed E-state index contributed by atoms with van der Waals surface area (Å²) in [5, 5.41) is 12.7. The molecule has 0 aliphatic carbocycles. The molecule has 2 aromatic carbocycles. The summed E-state index contributed by atoms with van der Waals surface area (Å²) < 4.78 is 0. The van der Waals surface area contributed by atoms with Gasteiger partial charge in [0.25, 0.3) is 0 Å². The van der Waals surface area contributed by atoms with Crippen LogP contribution in [0.2, 0.25) is 0 Å². The van der Waals surface area contributed by atoms with Gasteiger partial charge in [-0.3, -0.25) is 4.79 Å². The molecule has 0 heterocycles. The number of para-hydroxylation sites is 2. The first-order chi connectivity index (χ1) is 11.7. The second kappa shape index (κ2) is 9.60.